The number of hydrogen-bond acceptors (Lipinski definition) is 3. The van der Waals surface area contributed by atoms with E-state index in [1.807, 2.05) is 0 Å². The third-order valence-electron chi connectivity index (χ3n) is 2.01. The van der Waals surface area contributed by atoms with E-state index < -0.39 is 5.60 Å². The molecule has 0 aliphatic rings. The molecule has 78 valence electrons. The first-order chi connectivity index (χ1) is 6.99. The van der Waals surface area contributed by atoms with Gasteiger partial charge in [-0.15, -0.1) is 0 Å². The first-order valence-corrected chi connectivity index (χ1v) is 4.75. The Labute approximate surface area is 92.9 Å². The summed E-state index contributed by atoms with van der Waals surface area (Å²) >= 11 is 5.85. The van der Waals surface area contributed by atoms with Crippen molar-refractivity contribution in [2.45, 2.75) is 18.9 Å². The van der Waals surface area contributed by atoms with Gasteiger partial charge in [-0.2, -0.15) is 5.26 Å². The molecule has 0 fully saturated rings. The van der Waals surface area contributed by atoms with Crippen molar-refractivity contribution < 1.29 is 9.90 Å². The number of aliphatic hydroxyl groups is 1. The molecule has 1 rings (SSSR count). The van der Waals surface area contributed by atoms with Crippen LogP contribution in [0.2, 0.25) is 5.02 Å². The molecule has 15 heavy (non-hydrogen) atoms. The van der Waals surface area contributed by atoms with Crippen LogP contribution in [0.1, 0.15) is 18.9 Å². The fourth-order valence-corrected chi connectivity index (χ4v) is 1.64. The Morgan fingerprint density at radius 2 is 2.20 bits per heavy atom. The highest BCUT2D eigenvalue weighted by Gasteiger charge is 2.32. The molecule has 1 aromatic carbocycles. The Morgan fingerprint density at radius 1 is 1.60 bits per heavy atom. The van der Waals surface area contributed by atoms with Crippen LogP contribution < -0.4 is 0 Å². The molecule has 1 unspecified atom stereocenters. The maximum Gasteiger partial charge on any atom is 0.185 e. The summed E-state index contributed by atoms with van der Waals surface area (Å²) in [6, 6.07) is 8.17. The van der Waals surface area contributed by atoms with Crippen LogP contribution >= 0.6 is 11.6 Å². The number of nitriles is 1. The number of Topliss-reactive ketones (excluding diaryl/α,β-unsaturated/α-hetero) is 1. The van der Waals surface area contributed by atoms with Crippen molar-refractivity contribution in [1.29, 1.82) is 5.26 Å². The largest absolute Gasteiger partial charge is 0.371 e. The molecule has 3 nitrogen and oxygen atoms in total. The molecule has 4 heteroatoms. The summed E-state index contributed by atoms with van der Waals surface area (Å²) in [4.78, 5) is 10.9. The van der Waals surface area contributed by atoms with Crippen molar-refractivity contribution in [3.05, 3.63) is 34.9 Å². The molecule has 0 saturated carbocycles. The summed E-state index contributed by atoms with van der Waals surface area (Å²) in [6.07, 6.45) is -0.257. The minimum atomic E-state index is -1.83. The second kappa shape index (κ2) is 4.43. The van der Waals surface area contributed by atoms with Crippen molar-refractivity contribution in [2.24, 2.45) is 0 Å². The Morgan fingerprint density at radius 3 is 2.67 bits per heavy atom. The maximum atomic E-state index is 10.9. The minimum absolute atomic E-state index is 0.257. The van der Waals surface area contributed by atoms with E-state index >= 15 is 0 Å². The molecule has 1 atom stereocenters. The molecule has 0 heterocycles. The first kappa shape index (κ1) is 11.7. The van der Waals surface area contributed by atoms with Crippen LogP contribution in [0.4, 0.5) is 0 Å². The third kappa shape index (κ3) is 2.56. The molecule has 1 aromatic rings. The van der Waals surface area contributed by atoms with Gasteiger partial charge in [0.05, 0.1) is 6.42 Å². The number of hydrogen-bond donors (Lipinski definition) is 1. The normalized spacial score (nSPS) is 14.0. The van der Waals surface area contributed by atoms with Crippen molar-refractivity contribution in [1.82, 2.24) is 0 Å². The zero-order valence-corrected chi connectivity index (χ0v) is 8.95. The van der Waals surface area contributed by atoms with Gasteiger partial charge in [-0.05, 0) is 13.0 Å². The summed E-state index contributed by atoms with van der Waals surface area (Å²) in [6.45, 7) is 1.32. The van der Waals surface area contributed by atoms with Crippen molar-refractivity contribution in [3.63, 3.8) is 0 Å². The van der Waals surface area contributed by atoms with E-state index in [1.165, 1.54) is 13.0 Å². The molecule has 0 radical (unpaired) electrons. The van der Waals surface area contributed by atoms with Crippen LogP contribution in [0.25, 0.3) is 0 Å². The second-order valence-electron chi connectivity index (χ2n) is 3.33. The van der Waals surface area contributed by atoms with Crippen LogP contribution in [0.5, 0.6) is 0 Å². The number of carbonyl (C=O) groups excluding carboxylic acids is 1. The van der Waals surface area contributed by atoms with Gasteiger partial charge in [0.25, 0.3) is 0 Å². The second-order valence-corrected chi connectivity index (χ2v) is 3.74. The van der Waals surface area contributed by atoms with Gasteiger partial charge in [0.2, 0.25) is 0 Å². The zero-order chi connectivity index (χ0) is 11.5. The van der Waals surface area contributed by atoms with E-state index in [0.717, 1.165) is 0 Å². The Kier molecular flexibility index (Phi) is 3.46. The van der Waals surface area contributed by atoms with Crippen LogP contribution in [-0.2, 0) is 10.4 Å². The summed E-state index contributed by atoms with van der Waals surface area (Å²) in [5.41, 5.74) is -1.56. The van der Waals surface area contributed by atoms with Gasteiger partial charge in [0.1, 0.15) is 11.9 Å². The Bertz CT molecular complexity index is 425. The monoisotopic (exact) mass is 223 g/mol. The van der Waals surface area contributed by atoms with E-state index in [2.05, 4.69) is 0 Å². The van der Waals surface area contributed by atoms with Gasteiger partial charge in [0, 0.05) is 10.6 Å². The topological polar surface area (TPSA) is 61.1 Å². The average molecular weight is 224 g/mol. The number of nitrogens with zero attached hydrogens (tertiary/aromatic N) is 1. The number of carbonyl (C=O) groups is 1. The number of halogens is 1. The molecule has 0 bridgehead atoms. The highest BCUT2D eigenvalue weighted by Crippen LogP contribution is 2.30. The number of rotatable bonds is 3. The van der Waals surface area contributed by atoms with E-state index in [-0.39, 0.29) is 22.8 Å². The van der Waals surface area contributed by atoms with Crippen molar-refractivity contribution in [3.8, 4) is 6.07 Å². The third-order valence-corrected chi connectivity index (χ3v) is 2.34. The first-order valence-electron chi connectivity index (χ1n) is 4.37. The Balaban J connectivity index is 3.18. The van der Waals surface area contributed by atoms with Gasteiger partial charge in [-0.1, -0.05) is 29.8 Å². The van der Waals surface area contributed by atoms with E-state index in [4.69, 9.17) is 16.9 Å². The van der Waals surface area contributed by atoms with Crippen LogP contribution in [0.3, 0.4) is 0 Å². The lowest BCUT2D eigenvalue weighted by atomic mass is 9.90. The van der Waals surface area contributed by atoms with Gasteiger partial charge >= 0.3 is 0 Å². The highest BCUT2D eigenvalue weighted by molar-refractivity contribution is 6.31. The standard InChI is InChI=1S/C11H10ClNO2/c1-8(14)6-11(15,7-13)9-4-2-3-5-10(9)12/h2-5,15H,6H2,1H3. The lowest BCUT2D eigenvalue weighted by molar-refractivity contribution is -0.120. The summed E-state index contributed by atoms with van der Waals surface area (Å²) < 4.78 is 0. The maximum absolute atomic E-state index is 10.9. The van der Waals surface area contributed by atoms with Crippen LogP contribution in [0.15, 0.2) is 24.3 Å². The van der Waals surface area contributed by atoms with Crippen molar-refractivity contribution in [2.75, 3.05) is 0 Å². The lowest BCUT2D eigenvalue weighted by Gasteiger charge is -2.20. The summed E-state index contributed by atoms with van der Waals surface area (Å²) in [5.74, 6) is -0.265. The fourth-order valence-electron chi connectivity index (χ4n) is 1.35. The highest BCUT2D eigenvalue weighted by atomic mass is 35.5. The van der Waals surface area contributed by atoms with Gasteiger partial charge < -0.3 is 5.11 Å². The van der Waals surface area contributed by atoms with E-state index in [1.54, 1.807) is 24.3 Å². The number of ketones is 1. The Hall–Kier alpha value is -1.37. The van der Waals surface area contributed by atoms with Crippen LogP contribution in [-0.4, -0.2) is 10.9 Å². The van der Waals surface area contributed by atoms with E-state index in [0.29, 0.717) is 0 Å². The molecule has 1 N–H and O–H groups in total. The summed E-state index contributed by atoms with van der Waals surface area (Å²) in [5, 5.41) is 19.2. The molecule has 0 aromatic heterocycles. The average Bonchev–Trinajstić information content (AvgIpc) is 2.17. The predicted molar refractivity (Wildman–Crippen MR) is 56.3 cm³/mol. The molecular weight excluding hydrogens is 214 g/mol. The van der Waals surface area contributed by atoms with Crippen molar-refractivity contribution >= 4 is 17.4 Å². The minimum Gasteiger partial charge on any atom is -0.371 e. The molecule has 0 aliphatic heterocycles. The fraction of sp³-hybridized carbons (Fsp3) is 0.273. The molecular formula is C11H10ClNO2. The zero-order valence-electron chi connectivity index (χ0n) is 8.20. The predicted octanol–water partition coefficient (Wildman–Crippen LogP) is 2.03. The van der Waals surface area contributed by atoms with E-state index in [9.17, 15) is 9.90 Å². The SMILES string of the molecule is CC(=O)CC(O)(C#N)c1ccccc1Cl. The molecule has 0 spiro atoms. The lowest BCUT2D eigenvalue weighted by Crippen LogP contribution is -2.26. The molecule has 0 aliphatic carbocycles. The molecule has 0 saturated heterocycles. The summed E-state index contributed by atoms with van der Waals surface area (Å²) in [7, 11) is 0. The van der Waals surface area contributed by atoms with Gasteiger partial charge in [-0.3, -0.25) is 4.79 Å². The smallest absolute Gasteiger partial charge is 0.185 e. The van der Waals surface area contributed by atoms with Gasteiger partial charge in [-0.25, -0.2) is 0 Å². The molecule has 0 amide bonds. The van der Waals surface area contributed by atoms with Gasteiger partial charge in [0.15, 0.2) is 5.60 Å². The van der Waals surface area contributed by atoms with Crippen LogP contribution in [0, 0.1) is 11.3 Å². The number of benzene rings is 1. The quantitative estimate of drug-likeness (QED) is 0.798.